The predicted molar refractivity (Wildman–Crippen MR) is 125 cm³/mol. The van der Waals surface area contributed by atoms with Gasteiger partial charge >= 0.3 is 0 Å². The Labute approximate surface area is 187 Å². The molecule has 6 nitrogen and oxygen atoms in total. The van der Waals surface area contributed by atoms with E-state index in [9.17, 15) is 17.6 Å². The zero-order chi connectivity index (χ0) is 23.3. The molecule has 3 rings (SSSR count). The largest absolute Gasteiger partial charge is 0.271 e. The van der Waals surface area contributed by atoms with Crippen LogP contribution in [-0.2, 0) is 16.6 Å². The second-order valence-electron chi connectivity index (χ2n) is 7.49. The normalized spacial score (nSPS) is 11.5. The molecule has 0 unspecified atom stereocenters. The molecule has 3 aromatic rings. The first kappa shape index (κ1) is 23.1. The van der Waals surface area contributed by atoms with Crippen molar-refractivity contribution in [1.82, 2.24) is 5.43 Å². The van der Waals surface area contributed by atoms with Gasteiger partial charge in [0.1, 0.15) is 5.82 Å². The molecule has 0 atom stereocenters. The minimum atomic E-state index is -3.50. The Morgan fingerprint density at radius 1 is 1.00 bits per heavy atom. The Morgan fingerprint density at radius 2 is 1.66 bits per heavy atom. The Hall–Kier alpha value is -3.52. The zero-order valence-corrected chi connectivity index (χ0v) is 18.9. The minimum absolute atomic E-state index is 0.145. The summed E-state index contributed by atoms with van der Waals surface area (Å²) in [6.07, 6.45) is 2.59. The molecule has 0 radical (unpaired) electrons. The standard InChI is InChI=1S/C24H24FN3O3S/c1-17-4-13-23(14-18(17)2)28(32(3,30)31)16-20-5-9-21(10-6-20)24(29)27-26-15-19-7-11-22(25)12-8-19/h4-15H,16H2,1-3H3,(H,27,29)/b26-15-. The molecule has 1 N–H and O–H groups in total. The van der Waals surface area contributed by atoms with Crippen molar-refractivity contribution in [3.63, 3.8) is 0 Å². The molecule has 0 aliphatic rings. The summed E-state index contributed by atoms with van der Waals surface area (Å²) in [4.78, 5) is 12.3. The van der Waals surface area contributed by atoms with Crippen molar-refractivity contribution in [1.29, 1.82) is 0 Å². The third-order valence-electron chi connectivity index (χ3n) is 4.97. The summed E-state index contributed by atoms with van der Waals surface area (Å²) in [7, 11) is -3.50. The van der Waals surface area contributed by atoms with Crippen LogP contribution in [0.1, 0.15) is 32.6 Å². The Kier molecular flexibility index (Phi) is 7.05. The van der Waals surface area contributed by atoms with Crippen LogP contribution in [0.2, 0.25) is 0 Å². The van der Waals surface area contributed by atoms with Gasteiger partial charge in [0.25, 0.3) is 5.91 Å². The van der Waals surface area contributed by atoms with Crippen molar-refractivity contribution in [3.8, 4) is 0 Å². The maximum Gasteiger partial charge on any atom is 0.271 e. The van der Waals surface area contributed by atoms with E-state index in [1.54, 1.807) is 42.5 Å². The van der Waals surface area contributed by atoms with Crippen LogP contribution in [0.4, 0.5) is 10.1 Å². The number of nitrogens with zero attached hydrogens (tertiary/aromatic N) is 2. The Balaban J connectivity index is 1.69. The molecule has 1 amide bonds. The van der Waals surface area contributed by atoms with Gasteiger partial charge in [0.05, 0.1) is 24.7 Å². The molecule has 0 heterocycles. The van der Waals surface area contributed by atoms with Gasteiger partial charge in [-0.25, -0.2) is 18.2 Å². The zero-order valence-electron chi connectivity index (χ0n) is 18.0. The number of anilines is 1. The van der Waals surface area contributed by atoms with Crippen molar-refractivity contribution in [2.24, 2.45) is 5.10 Å². The lowest BCUT2D eigenvalue weighted by molar-refractivity contribution is 0.0955. The highest BCUT2D eigenvalue weighted by Crippen LogP contribution is 2.23. The first-order chi connectivity index (χ1) is 15.1. The van der Waals surface area contributed by atoms with Crippen LogP contribution in [0.3, 0.4) is 0 Å². The fourth-order valence-electron chi connectivity index (χ4n) is 2.99. The summed E-state index contributed by atoms with van der Waals surface area (Å²) in [5.41, 5.74) is 6.85. The summed E-state index contributed by atoms with van der Waals surface area (Å²) in [6.45, 7) is 4.05. The van der Waals surface area contributed by atoms with Gasteiger partial charge in [-0.3, -0.25) is 9.10 Å². The van der Waals surface area contributed by atoms with E-state index < -0.39 is 15.9 Å². The number of hydrazone groups is 1. The molecule has 0 bridgehead atoms. The number of carbonyl (C=O) groups excluding carboxylic acids is 1. The minimum Gasteiger partial charge on any atom is -0.267 e. The van der Waals surface area contributed by atoms with Crippen LogP contribution in [0.5, 0.6) is 0 Å². The number of hydrogen-bond acceptors (Lipinski definition) is 4. The third kappa shape index (κ3) is 6.01. The first-order valence-corrected chi connectivity index (χ1v) is 11.7. The predicted octanol–water partition coefficient (Wildman–Crippen LogP) is 4.17. The lowest BCUT2D eigenvalue weighted by Crippen LogP contribution is -2.29. The highest BCUT2D eigenvalue weighted by Gasteiger charge is 2.18. The number of nitrogens with one attached hydrogen (secondary N) is 1. The van der Waals surface area contributed by atoms with E-state index in [1.165, 1.54) is 28.9 Å². The summed E-state index contributed by atoms with van der Waals surface area (Å²) in [5, 5.41) is 3.87. The lowest BCUT2D eigenvalue weighted by atomic mass is 10.1. The maximum atomic E-state index is 12.9. The van der Waals surface area contributed by atoms with Crippen LogP contribution in [0.25, 0.3) is 0 Å². The highest BCUT2D eigenvalue weighted by molar-refractivity contribution is 7.92. The third-order valence-corrected chi connectivity index (χ3v) is 6.11. The van der Waals surface area contributed by atoms with Gasteiger partial charge in [0.15, 0.2) is 0 Å². The summed E-state index contributed by atoms with van der Waals surface area (Å²) in [5.74, 6) is -0.762. The molecule has 0 aromatic heterocycles. The Bertz CT molecular complexity index is 1240. The number of sulfonamides is 1. The second-order valence-corrected chi connectivity index (χ2v) is 9.39. The van der Waals surface area contributed by atoms with Gasteiger partial charge in [0.2, 0.25) is 10.0 Å². The van der Waals surface area contributed by atoms with E-state index in [4.69, 9.17) is 0 Å². The Morgan fingerprint density at radius 3 is 2.25 bits per heavy atom. The van der Waals surface area contributed by atoms with Crippen molar-refractivity contribution in [2.75, 3.05) is 10.6 Å². The molecule has 3 aromatic carbocycles. The van der Waals surface area contributed by atoms with Crippen LogP contribution in [0.15, 0.2) is 71.8 Å². The van der Waals surface area contributed by atoms with Gasteiger partial charge in [0, 0.05) is 5.56 Å². The molecule has 0 saturated carbocycles. The number of benzene rings is 3. The van der Waals surface area contributed by atoms with Gasteiger partial charge in [-0.05, 0) is 72.5 Å². The first-order valence-electron chi connectivity index (χ1n) is 9.86. The molecule has 166 valence electrons. The quantitative estimate of drug-likeness (QED) is 0.431. The van der Waals surface area contributed by atoms with Crippen LogP contribution in [0, 0.1) is 19.7 Å². The number of halogens is 1. The second kappa shape index (κ2) is 9.74. The molecule has 0 aliphatic heterocycles. The van der Waals surface area contributed by atoms with E-state index >= 15 is 0 Å². The number of amides is 1. The fraction of sp³-hybridized carbons (Fsp3) is 0.167. The van der Waals surface area contributed by atoms with E-state index in [-0.39, 0.29) is 12.4 Å². The molecule has 0 fully saturated rings. The molecule has 0 aliphatic carbocycles. The van der Waals surface area contributed by atoms with Crippen molar-refractivity contribution >= 4 is 27.8 Å². The molecule has 8 heteroatoms. The van der Waals surface area contributed by atoms with Gasteiger partial charge in [-0.15, -0.1) is 0 Å². The molecule has 0 spiro atoms. The van der Waals surface area contributed by atoms with Gasteiger partial charge in [-0.1, -0.05) is 30.3 Å². The van der Waals surface area contributed by atoms with Crippen molar-refractivity contribution in [3.05, 3.63) is 100 Å². The van der Waals surface area contributed by atoms with Gasteiger partial charge < -0.3 is 0 Å². The van der Waals surface area contributed by atoms with Crippen LogP contribution < -0.4 is 9.73 Å². The topological polar surface area (TPSA) is 78.8 Å². The average Bonchev–Trinajstić information content (AvgIpc) is 2.75. The number of carbonyl (C=O) groups is 1. The smallest absolute Gasteiger partial charge is 0.267 e. The van der Waals surface area contributed by atoms with E-state index in [0.717, 1.165) is 16.7 Å². The summed E-state index contributed by atoms with van der Waals surface area (Å²) >= 11 is 0. The number of rotatable bonds is 7. The van der Waals surface area contributed by atoms with Crippen molar-refractivity contribution in [2.45, 2.75) is 20.4 Å². The number of aryl methyl sites for hydroxylation is 2. The van der Waals surface area contributed by atoms with E-state index in [2.05, 4.69) is 10.5 Å². The molecule has 0 saturated heterocycles. The SMILES string of the molecule is Cc1ccc(N(Cc2ccc(C(=O)N/N=C\c3ccc(F)cc3)cc2)S(C)(=O)=O)cc1C. The highest BCUT2D eigenvalue weighted by atomic mass is 32.2. The maximum absolute atomic E-state index is 12.9. The van der Waals surface area contributed by atoms with E-state index in [1.807, 2.05) is 26.0 Å². The van der Waals surface area contributed by atoms with E-state index in [0.29, 0.717) is 16.8 Å². The summed E-state index contributed by atoms with van der Waals surface area (Å²) in [6, 6.07) is 17.9. The molecular weight excluding hydrogens is 429 g/mol. The lowest BCUT2D eigenvalue weighted by Gasteiger charge is -2.23. The van der Waals surface area contributed by atoms with Gasteiger partial charge in [-0.2, -0.15) is 5.10 Å². The number of hydrogen-bond donors (Lipinski definition) is 1. The van der Waals surface area contributed by atoms with Crippen LogP contribution in [-0.4, -0.2) is 26.8 Å². The van der Waals surface area contributed by atoms with Crippen LogP contribution >= 0.6 is 0 Å². The molecular formula is C24H24FN3O3S. The summed E-state index contributed by atoms with van der Waals surface area (Å²) < 4.78 is 39.0. The average molecular weight is 454 g/mol. The fourth-order valence-corrected chi connectivity index (χ4v) is 3.87. The van der Waals surface area contributed by atoms with Crippen molar-refractivity contribution < 1.29 is 17.6 Å². The molecule has 32 heavy (non-hydrogen) atoms. The monoisotopic (exact) mass is 453 g/mol.